The number of aromatic nitrogens is 1. The number of anilines is 1. The Balaban J connectivity index is 1.39. The molecule has 31 heavy (non-hydrogen) atoms. The van der Waals surface area contributed by atoms with Crippen molar-refractivity contribution in [1.29, 1.82) is 0 Å². The minimum absolute atomic E-state index is 0.0165. The van der Waals surface area contributed by atoms with Crippen LogP contribution in [-0.4, -0.2) is 34.4 Å². The van der Waals surface area contributed by atoms with E-state index in [1.165, 1.54) is 27.5 Å². The fourth-order valence-electron chi connectivity index (χ4n) is 4.88. The lowest BCUT2D eigenvalue weighted by atomic mass is 9.95. The number of aryl methyl sites for hydroxylation is 1. The van der Waals surface area contributed by atoms with Crippen LogP contribution in [-0.2, 0) is 24.2 Å². The van der Waals surface area contributed by atoms with Gasteiger partial charge in [0.2, 0.25) is 5.91 Å². The molecule has 1 atom stereocenters. The molecular weight excluding hydrogens is 408 g/mol. The maximum absolute atomic E-state index is 13.1. The Labute approximate surface area is 185 Å². The average Bonchev–Trinajstić information content (AvgIpc) is 3.38. The van der Waals surface area contributed by atoms with Gasteiger partial charge < -0.3 is 15.6 Å². The molecule has 0 saturated heterocycles. The van der Waals surface area contributed by atoms with Gasteiger partial charge in [-0.1, -0.05) is 30.3 Å². The number of hydrogen-bond donors (Lipinski definition) is 2. The predicted molar refractivity (Wildman–Crippen MR) is 122 cm³/mol. The molecular formula is C24H26N4O2S. The highest BCUT2D eigenvalue weighted by Gasteiger charge is 2.31. The van der Waals surface area contributed by atoms with Gasteiger partial charge in [-0.05, 0) is 48.9 Å². The zero-order valence-corrected chi connectivity index (χ0v) is 18.2. The van der Waals surface area contributed by atoms with Gasteiger partial charge in [0.1, 0.15) is 5.00 Å². The topological polar surface area (TPSA) is 80.4 Å². The Morgan fingerprint density at radius 1 is 1.06 bits per heavy atom. The molecule has 0 radical (unpaired) electrons. The third-order valence-corrected chi connectivity index (χ3v) is 7.48. The number of carbonyl (C=O) groups is 2. The van der Waals surface area contributed by atoms with E-state index in [0.29, 0.717) is 10.6 Å². The molecule has 0 saturated carbocycles. The molecule has 1 aromatic carbocycles. The van der Waals surface area contributed by atoms with Crippen molar-refractivity contribution in [3.63, 3.8) is 0 Å². The van der Waals surface area contributed by atoms with Crippen LogP contribution in [0.3, 0.4) is 0 Å². The molecule has 0 bridgehead atoms. The number of nitrogens with two attached hydrogens (primary N) is 1. The molecule has 3 N–H and O–H groups in total. The second-order valence-electron chi connectivity index (χ2n) is 8.24. The average molecular weight is 435 g/mol. The van der Waals surface area contributed by atoms with Crippen molar-refractivity contribution < 1.29 is 9.59 Å². The number of rotatable bonds is 5. The van der Waals surface area contributed by atoms with Crippen molar-refractivity contribution in [2.75, 3.05) is 18.4 Å². The van der Waals surface area contributed by atoms with Crippen LogP contribution >= 0.6 is 11.3 Å². The van der Waals surface area contributed by atoms with Gasteiger partial charge in [-0.15, -0.1) is 11.3 Å². The van der Waals surface area contributed by atoms with Gasteiger partial charge in [-0.3, -0.25) is 14.5 Å². The molecule has 1 aliphatic heterocycles. The number of thiophene rings is 1. The fourth-order valence-corrected chi connectivity index (χ4v) is 6.19. The van der Waals surface area contributed by atoms with E-state index in [-0.39, 0.29) is 18.5 Å². The highest BCUT2D eigenvalue weighted by Crippen LogP contribution is 2.38. The van der Waals surface area contributed by atoms with E-state index >= 15 is 0 Å². The van der Waals surface area contributed by atoms with E-state index < -0.39 is 5.91 Å². The number of primary amides is 1. The van der Waals surface area contributed by atoms with E-state index in [1.807, 2.05) is 18.2 Å². The molecule has 2 aromatic heterocycles. The maximum atomic E-state index is 13.1. The second kappa shape index (κ2) is 8.32. The minimum atomic E-state index is -0.451. The summed E-state index contributed by atoms with van der Waals surface area (Å²) in [6.45, 7) is 1.88. The van der Waals surface area contributed by atoms with Gasteiger partial charge in [0.05, 0.1) is 18.2 Å². The lowest BCUT2D eigenvalue weighted by molar-refractivity contribution is -0.117. The Hall–Kier alpha value is -2.90. The second-order valence-corrected chi connectivity index (χ2v) is 9.34. The van der Waals surface area contributed by atoms with Crippen LogP contribution in [0.2, 0.25) is 0 Å². The summed E-state index contributed by atoms with van der Waals surface area (Å²) in [6.07, 6.45) is 6.08. The highest BCUT2D eigenvalue weighted by molar-refractivity contribution is 7.17. The first-order valence-corrected chi connectivity index (χ1v) is 11.6. The summed E-state index contributed by atoms with van der Waals surface area (Å²) in [4.78, 5) is 28.6. The normalized spacial score (nSPS) is 18.3. The quantitative estimate of drug-likeness (QED) is 0.644. The Kier molecular flexibility index (Phi) is 5.38. The highest BCUT2D eigenvalue weighted by atomic mass is 32.1. The predicted octanol–water partition coefficient (Wildman–Crippen LogP) is 3.57. The Morgan fingerprint density at radius 2 is 1.87 bits per heavy atom. The molecule has 160 valence electrons. The van der Waals surface area contributed by atoms with E-state index in [1.54, 1.807) is 0 Å². The number of nitrogens with zero attached hydrogens (tertiary/aromatic N) is 2. The van der Waals surface area contributed by atoms with Gasteiger partial charge in [0, 0.05) is 29.9 Å². The van der Waals surface area contributed by atoms with Crippen LogP contribution in [0.4, 0.5) is 5.00 Å². The number of carbonyl (C=O) groups excluding carboxylic acids is 2. The molecule has 0 spiro atoms. The first-order valence-electron chi connectivity index (χ1n) is 10.8. The molecule has 0 fully saturated rings. The number of nitrogens with one attached hydrogen (secondary N) is 1. The van der Waals surface area contributed by atoms with Gasteiger partial charge >= 0.3 is 0 Å². The number of amides is 2. The van der Waals surface area contributed by atoms with E-state index in [4.69, 9.17) is 5.73 Å². The van der Waals surface area contributed by atoms with Crippen LogP contribution in [0.25, 0.3) is 0 Å². The molecule has 2 amide bonds. The molecule has 7 heteroatoms. The zero-order chi connectivity index (χ0) is 21.4. The van der Waals surface area contributed by atoms with Gasteiger partial charge in [0.15, 0.2) is 0 Å². The Bertz CT molecular complexity index is 1120. The standard InChI is InChI=1S/C24H26N4O2S/c25-23(30)21-17-9-4-5-11-19(17)31-24(21)26-20(29)15-28-14-13-27-12-6-10-18(27)22(28)16-7-2-1-3-8-16/h1-3,6-8,10,12,22H,4-5,9,11,13-15H2,(H2,25,30)(H,26,29). The third kappa shape index (κ3) is 3.79. The van der Waals surface area contributed by atoms with Gasteiger partial charge in [0.25, 0.3) is 5.91 Å². The largest absolute Gasteiger partial charge is 0.365 e. The van der Waals surface area contributed by atoms with Gasteiger partial charge in [-0.25, -0.2) is 0 Å². The van der Waals surface area contributed by atoms with Crippen molar-refractivity contribution in [3.05, 3.63) is 75.9 Å². The molecule has 5 rings (SSSR count). The first-order chi connectivity index (χ1) is 15.1. The molecule has 6 nitrogen and oxygen atoms in total. The lowest BCUT2D eigenvalue weighted by Crippen LogP contribution is -2.42. The van der Waals surface area contributed by atoms with Crippen LogP contribution in [0.15, 0.2) is 48.7 Å². The van der Waals surface area contributed by atoms with Crippen LogP contribution in [0.5, 0.6) is 0 Å². The van der Waals surface area contributed by atoms with E-state index in [0.717, 1.165) is 44.3 Å². The maximum Gasteiger partial charge on any atom is 0.251 e. The van der Waals surface area contributed by atoms with E-state index in [9.17, 15) is 9.59 Å². The SMILES string of the molecule is NC(=O)c1c(NC(=O)CN2CCn3cccc3C2c2ccccc2)sc2c1CCCC2. The summed E-state index contributed by atoms with van der Waals surface area (Å²) >= 11 is 1.51. The first kappa shape index (κ1) is 20.0. The van der Waals surface area contributed by atoms with Crippen LogP contribution in [0.1, 0.15) is 50.9 Å². The summed E-state index contributed by atoms with van der Waals surface area (Å²) in [5, 5.41) is 3.63. The van der Waals surface area contributed by atoms with Crippen molar-refractivity contribution in [2.24, 2.45) is 5.73 Å². The summed E-state index contributed by atoms with van der Waals surface area (Å²) in [5.74, 6) is -0.560. The smallest absolute Gasteiger partial charge is 0.251 e. The summed E-state index contributed by atoms with van der Waals surface area (Å²) in [7, 11) is 0. The number of benzene rings is 1. The van der Waals surface area contributed by atoms with Gasteiger partial charge in [-0.2, -0.15) is 0 Å². The third-order valence-electron chi connectivity index (χ3n) is 6.27. The summed E-state index contributed by atoms with van der Waals surface area (Å²) in [6, 6.07) is 14.5. The molecule has 1 aliphatic carbocycles. The zero-order valence-electron chi connectivity index (χ0n) is 17.3. The van der Waals surface area contributed by atoms with Crippen molar-refractivity contribution in [2.45, 2.75) is 38.3 Å². The molecule has 2 aliphatic rings. The minimum Gasteiger partial charge on any atom is -0.365 e. The molecule has 3 aromatic rings. The number of fused-ring (bicyclic) bond motifs is 2. The van der Waals surface area contributed by atoms with Crippen molar-refractivity contribution in [1.82, 2.24) is 9.47 Å². The monoisotopic (exact) mass is 434 g/mol. The number of hydrogen-bond acceptors (Lipinski definition) is 4. The van der Waals surface area contributed by atoms with E-state index in [2.05, 4.69) is 45.2 Å². The van der Waals surface area contributed by atoms with Crippen molar-refractivity contribution >= 4 is 28.2 Å². The van der Waals surface area contributed by atoms with Crippen molar-refractivity contribution in [3.8, 4) is 0 Å². The molecule has 3 heterocycles. The molecule has 1 unspecified atom stereocenters. The fraction of sp³-hybridized carbons (Fsp3) is 0.333. The van der Waals surface area contributed by atoms with Crippen LogP contribution in [0, 0.1) is 0 Å². The summed E-state index contributed by atoms with van der Waals surface area (Å²) in [5.41, 5.74) is 9.59. The Morgan fingerprint density at radius 3 is 2.68 bits per heavy atom. The summed E-state index contributed by atoms with van der Waals surface area (Å²) < 4.78 is 2.25. The van der Waals surface area contributed by atoms with Crippen LogP contribution < -0.4 is 11.1 Å². The lowest BCUT2D eigenvalue weighted by Gasteiger charge is -2.36.